The summed E-state index contributed by atoms with van der Waals surface area (Å²) in [6, 6.07) is 4.65. The third-order valence-corrected chi connectivity index (χ3v) is 10.6. The number of anilines is 1. The summed E-state index contributed by atoms with van der Waals surface area (Å²) in [5.41, 5.74) is 0.521. The highest BCUT2D eigenvalue weighted by atomic mass is 32.2. The van der Waals surface area contributed by atoms with Gasteiger partial charge in [0.05, 0.1) is 42.1 Å². The third-order valence-electron chi connectivity index (χ3n) is 7.81. The van der Waals surface area contributed by atoms with Gasteiger partial charge in [-0.05, 0) is 36.5 Å². The first-order valence-corrected chi connectivity index (χ1v) is 16.3. The molecule has 2 aromatic rings. The Morgan fingerprint density at radius 1 is 1.21 bits per heavy atom. The Labute approximate surface area is 246 Å². The number of rotatable bonds is 12. The summed E-state index contributed by atoms with van der Waals surface area (Å²) < 4.78 is 81.7. The van der Waals surface area contributed by atoms with E-state index in [0.717, 1.165) is 11.3 Å². The molecular weight excluding hydrogens is 600 g/mol. The number of nitrogens with one attached hydrogen (secondary N) is 1. The zero-order valence-electron chi connectivity index (χ0n) is 23.2. The molecule has 0 spiro atoms. The van der Waals surface area contributed by atoms with Crippen molar-refractivity contribution in [1.82, 2.24) is 15.2 Å². The number of aliphatic hydroxyl groups excluding tert-OH is 1. The number of ether oxygens (including phenoxy) is 1. The van der Waals surface area contributed by atoms with E-state index in [1.807, 2.05) is 4.90 Å². The molecule has 4 rings (SSSR count). The number of thiazole rings is 1. The van der Waals surface area contributed by atoms with Crippen LogP contribution < -0.4 is 10.2 Å². The zero-order valence-corrected chi connectivity index (χ0v) is 24.9. The lowest BCUT2D eigenvalue weighted by molar-refractivity contribution is -0.134. The fraction of sp³-hybridized carbons (Fsp3) is 0.630. The molecule has 9 nitrogen and oxygen atoms in total. The number of halogens is 4. The molecule has 1 amide bonds. The minimum absolute atomic E-state index is 0.0492. The Hall–Kier alpha value is -2.33. The van der Waals surface area contributed by atoms with Crippen LogP contribution in [-0.2, 0) is 14.6 Å². The second-order valence-electron chi connectivity index (χ2n) is 10.7. The van der Waals surface area contributed by atoms with Crippen molar-refractivity contribution in [3.63, 3.8) is 0 Å². The first kappa shape index (κ1) is 32.6. The summed E-state index contributed by atoms with van der Waals surface area (Å²) in [7, 11) is -3.39. The maximum absolute atomic E-state index is 13.6. The summed E-state index contributed by atoms with van der Waals surface area (Å²) in [4.78, 5) is 21.7. The second kappa shape index (κ2) is 14.0. The lowest BCUT2D eigenvalue weighted by Gasteiger charge is -2.43. The van der Waals surface area contributed by atoms with Crippen LogP contribution in [0.1, 0.15) is 53.9 Å². The van der Waals surface area contributed by atoms with Crippen molar-refractivity contribution < 1.29 is 40.6 Å². The molecule has 15 heteroatoms. The van der Waals surface area contributed by atoms with Crippen molar-refractivity contribution in [1.29, 1.82) is 0 Å². The Kier molecular flexibility index (Phi) is 10.8. The molecule has 1 aromatic carbocycles. The molecule has 2 heterocycles. The van der Waals surface area contributed by atoms with Gasteiger partial charge in [-0.1, -0.05) is 30.4 Å². The molecule has 2 aliphatic rings. The van der Waals surface area contributed by atoms with Crippen molar-refractivity contribution in [2.75, 3.05) is 50.0 Å². The predicted molar refractivity (Wildman–Crippen MR) is 150 cm³/mol. The summed E-state index contributed by atoms with van der Waals surface area (Å²) in [5.74, 6) is -3.05. The maximum Gasteiger partial charge on any atom is 0.345 e. The molecule has 1 aliphatic carbocycles. The molecule has 1 aromatic heterocycles. The monoisotopic (exact) mass is 636 g/mol. The van der Waals surface area contributed by atoms with Crippen molar-refractivity contribution in [2.24, 2.45) is 5.92 Å². The molecule has 0 radical (unpaired) electrons. The number of alkyl halides is 4. The molecule has 1 saturated heterocycles. The fourth-order valence-electron chi connectivity index (χ4n) is 5.35. The quantitative estimate of drug-likeness (QED) is 0.337. The number of aliphatic hydroxyl groups is 1. The number of nitrogens with zero attached hydrogens (tertiary/aromatic N) is 3. The number of hydrogen-bond donors (Lipinski definition) is 2. The van der Waals surface area contributed by atoms with E-state index in [0.29, 0.717) is 49.7 Å². The molecule has 0 unspecified atom stereocenters. The highest BCUT2D eigenvalue weighted by Gasteiger charge is 2.37. The lowest BCUT2D eigenvalue weighted by Crippen LogP contribution is -2.56. The number of sulfone groups is 1. The maximum atomic E-state index is 13.6. The van der Waals surface area contributed by atoms with Gasteiger partial charge >= 0.3 is 6.61 Å². The largest absolute Gasteiger partial charge is 0.394 e. The summed E-state index contributed by atoms with van der Waals surface area (Å²) in [6.45, 7) is -0.103. The third kappa shape index (κ3) is 8.40. The molecule has 1 saturated carbocycles. The molecule has 2 fully saturated rings. The molecule has 0 bridgehead atoms. The molecular formula is C27H36F4N4O5S2. The van der Waals surface area contributed by atoms with Gasteiger partial charge in [-0.25, -0.2) is 22.2 Å². The number of benzene rings is 1. The Morgan fingerprint density at radius 2 is 1.90 bits per heavy atom. The van der Waals surface area contributed by atoms with Gasteiger partial charge in [-0.2, -0.15) is 8.78 Å². The van der Waals surface area contributed by atoms with E-state index in [1.54, 1.807) is 6.92 Å². The Bertz CT molecular complexity index is 1290. The zero-order chi connectivity index (χ0) is 30.5. The van der Waals surface area contributed by atoms with Crippen molar-refractivity contribution in [2.45, 2.75) is 62.1 Å². The highest BCUT2D eigenvalue weighted by Crippen LogP contribution is 2.37. The van der Waals surface area contributed by atoms with Crippen LogP contribution in [0.2, 0.25) is 0 Å². The highest BCUT2D eigenvalue weighted by molar-refractivity contribution is 7.91. The van der Waals surface area contributed by atoms with Gasteiger partial charge in [-0.15, -0.1) is 0 Å². The SMILES string of the molecule is CCS(=O)(=O)c1ccc([C@H](CO)NC(=O)c2cnc(N3CCN(CC4CCC(F)(F)CC4)C[C@H]3COC(F)F)s2)cc1. The van der Waals surface area contributed by atoms with Gasteiger partial charge in [0.1, 0.15) is 4.88 Å². The van der Waals surface area contributed by atoms with Crippen LogP contribution in [0.3, 0.4) is 0 Å². The van der Waals surface area contributed by atoms with Crippen LogP contribution in [0.25, 0.3) is 0 Å². The number of carbonyl (C=O) groups is 1. The van der Waals surface area contributed by atoms with E-state index in [1.165, 1.54) is 30.5 Å². The average molecular weight is 637 g/mol. The summed E-state index contributed by atoms with van der Waals surface area (Å²) in [5, 5.41) is 13.1. The molecule has 42 heavy (non-hydrogen) atoms. The van der Waals surface area contributed by atoms with E-state index >= 15 is 0 Å². The normalized spacial score (nSPS) is 21.0. The van der Waals surface area contributed by atoms with E-state index in [9.17, 15) is 35.9 Å². The van der Waals surface area contributed by atoms with Crippen molar-refractivity contribution >= 4 is 32.2 Å². The minimum atomic E-state index is -3.39. The van der Waals surface area contributed by atoms with E-state index in [4.69, 9.17) is 0 Å². The van der Waals surface area contributed by atoms with Crippen LogP contribution in [0.15, 0.2) is 35.4 Å². The van der Waals surface area contributed by atoms with E-state index in [2.05, 4.69) is 19.9 Å². The van der Waals surface area contributed by atoms with Gasteiger partial charge in [0.15, 0.2) is 15.0 Å². The van der Waals surface area contributed by atoms with Crippen LogP contribution >= 0.6 is 11.3 Å². The minimum Gasteiger partial charge on any atom is -0.394 e. The molecule has 234 valence electrons. The fourth-order valence-corrected chi connectivity index (χ4v) is 7.15. The average Bonchev–Trinajstić information content (AvgIpc) is 3.46. The van der Waals surface area contributed by atoms with E-state index in [-0.39, 0.29) is 40.9 Å². The number of aromatic nitrogens is 1. The summed E-state index contributed by atoms with van der Waals surface area (Å²) >= 11 is 1.08. The molecule has 2 N–H and O–H groups in total. The van der Waals surface area contributed by atoms with Gasteiger partial charge in [0, 0.05) is 39.0 Å². The smallest absolute Gasteiger partial charge is 0.345 e. The van der Waals surface area contributed by atoms with Crippen LogP contribution in [0.4, 0.5) is 22.7 Å². The van der Waals surface area contributed by atoms with Crippen molar-refractivity contribution in [3.8, 4) is 0 Å². The lowest BCUT2D eigenvalue weighted by atomic mass is 9.86. The number of piperazine rings is 1. The van der Waals surface area contributed by atoms with Crippen LogP contribution in [-0.4, -0.2) is 93.0 Å². The van der Waals surface area contributed by atoms with E-state index < -0.39 is 47.0 Å². The number of amides is 1. The first-order chi connectivity index (χ1) is 19.9. The molecule has 1 aliphatic heterocycles. The van der Waals surface area contributed by atoms with Gasteiger partial charge < -0.3 is 20.1 Å². The Morgan fingerprint density at radius 3 is 2.52 bits per heavy atom. The van der Waals surface area contributed by atoms with Crippen molar-refractivity contribution in [3.05, 3.63) is 40.9 Å². The summed E-state index contributed by atoms with van der Waals surface area (Å²) in [6.07, 6.45) is 1.95. The topological polar surface area (TPSA) is 112 Å². The second-order valence-corrected chi connectivity index (χ2v) is 14.0. The predicted octanol–water partition coefficient (Wildman–Crippen LogP) is 3.96. The standard InChI is InChI=1S/C27H36F4N4O5S2/c1-2-42(38,39)21-5-3-19(4-6-21)22(16-36)33-24(37)23-13-32-26(41-23)35-12-11-34(15-20(35)17-40-25(28)29)14-18-7-9-27(30,31)10-8-18/h3-6,13,18,20,22,25,36H,2,7-12,14-17H2,1H3,(H,33,37)/t20-,22-/m0/s1. The van der Waals surface area contributed by atoms with Gasteiger partial charge in [-0.3, -0.25) is 9.69 Å². The van der Waals surface area contributed by atoms with Gasteiger partial charge in [0.2, 0.25) is 5.92 Å². The van der Waals surface area contributed by atoms with Crippen LogP contribution in [0.5, 0.6) is 0 Å². The molecule has 2 atom stereocenters. The number of hydrogen-bond acceptors (Lipinski definition) is 9. The van der Waals surface area contributed by atoms with Gasteiger partial charge in [0.25, 0.3) is 5.91 Å². The Balaban J connectivity index is 1.40. The first-order valence-electron chi connectivity index (χ1n) is 13.9. The van der Waals surface area contributed by atoms with Crippen LogP contribution in [0, 0.1) is 5.92 Å². The number of carbonyl (C=O) groups excluding carboxylic acids is 1.